The summed E-state index contributed by atoms with van der Waals surface area (Å²) < 4.78 is 52.2. The quantitative estimate of drug-likeness (QED) is 0.220. The molecule has 0 aliphatic carbocycles. The lowest BCUT2D eigenvalue weighted by Crippen LogP contribution is -2.32. The fourth-order valence-electron chi connectivity index (χ4n) is 4.87. The van der Waals surface area contributed by atoms with Crippen molar-refractivity contribution in [3.05, 3.63) is 114 Å². The number of amidine groups is 1. The zero-order chi connectivity index (χ0) is 30.8. The Morgan fingerprint density at radius 3 is 2.57 bits per heavy atom. The van der Waals surface area contributed by atoms with Crippen LogP contribution in [0.5, 0.6) is 5.75 Å². The number of amides is 1. The number of carbonyl (C=O) groups excluding carboxylic acids is 1. The monoisotopic (exact) mass is 599 g/mol. The van der Waals surface area contributed by atoms with E-state index in [0.29, 0.717) is 34.6 Å². The van der Waals surface area contributed by atoms with Gasteiger partial charge in [0.1, 0.15) is 18.1 Å². The standard InChI is InChI=1S/C31H24F3N7O3/c32-31(33,34)19-16-23(41-14-15-43-24-13-7-6-12-22(24)41)26(37-17-19)27(35)44-30(36)40-28-29(42)38-21-11-5-4-10-20(21)25(39-28)18-8-2-1-3-9-18/h1-13,16-17,28,35H,14-15H2,(H2,36,40)(H,38,42). The maximum Gasteiger partial charge on any atom is 0.417 e. The number of halogens is 3. The molecule has 44 heavy (non-hydrogen) atoms. The molecule has 0 radical (unpaired) electrons. The largest absolute Gasteiger partial charge is 0.490 e. The van der Waals surface area contributed by atoms with Crippen LogP contribution in [0.4, 0.5) is 30.2 Å². The lowest BCUT2D eigenvalue weighted by atomic mass is 10.0. The van der Waals surface area contributed by atoms with Crippen molar-refractivity contribution in [3.63, 3.8) is 0 Å². The molecule has 10 nitrogen and oxygen atoms in total. The molecule has 0 saturated carbocycles. The van der Waals surface area contributed by atoms with E-state index in [0.717, 1.165) is 11.6 Å². The number of pyridine rings is 1. The zero-order valence-electron chi connectivity index (χ0n) is 22.9. The number of carbonyl (C=O) groups is 1. The van der Waals surface area contributed by atoms with Crippen LogP contribution in [0, 0.1) is 5.41 Å². The highest BCUT2D eigenvalue weighted by Gasteiger charge is 2.34. The molecule has 6 rings (SSSR count). The van der Waals surface area contributed by atoms with Gasteiger partial charge in [0.2, 0.25) is 12.1 Å². The van der Waals surface area contributed by atoms with Gasteiger partial charge in [0.15, 0.2) is 0 Å². The first-order chi connectivity index (χ1) is 21.2. The van der Waals surface area contributed by atoms with Crippen LogP contribution in [0.25, 0.3) is 0 Å². The number of nitrogens with zero attached hydrogens (tertiary/aromatic N) is 4. The van der Waals surface area contributed by atoms with Gasteiger partial charge in [0.05, 0.1) is 34.9 Å². The third kappa shape index (κ3) is 5.67. The Bertz CT molecular complexity index is 1810. The highest BCUT2D eigenvalue weighted by atomic mass is 19.4. The molecule has 2 aliphatic heterocycles. The van der Waals surface area contributed by atoms with E-state index in [9.17, 15) is 18.0 Å². The molecule has 0 spiro atoms. The first-order valence-electron chi connectivity index (χ1n) is 13.4. The lowest BCUT2D eigenvalue weighted by Gasteiger charge is -2.32. The molecule has 4 N–H and O–H groups in total. The van der Waals surface area contributed by atoms with Crippen LogP contribution in [0.15, 0.2) is 101 Å². The smallest absolute Gasteiger partial charge is 0.417 e. The molecule has 3 aromatic carbocycles. The molecule has 1 aromatic heterocycles. The van der Waals surface area contributed by atoms with Gasteiger partial charge in [-0.05, 0) is 24.3 Å². The summed E-state index contributed by atoms with van der Waals surface area (Å²) in [6.07, 6.45) is -5.46. The fraction of sp³-hybridized carbons (Fsp3) is 0.129. The summed E-state index contributed by atoms with van der Waals surface area (Å²) in [4.78, 5) is 27.3. The molecule has 0 saturated heterocycles. The second kappa shape index (κ2) is 11.5. The van der Waals surface area contributed by atoms with Gasteiger partial charge < -0.3 is 25.4 Å². The third-order valence-electron chi connectivity index (χ3n) is 6.86. The number of hydrogen-bond acceptors (Lipinski definition) is 8. The van der Waals surface area contributed by atoms with E-state index in [-0.39, 0.29) is 24.5 Å². The number of hydrogen-bond donors (Lipinski definition) is 3. The van der Waals surface area contributed by atoms with Crippen molar-refractivity contribution in [1.82, 2.24) is 4.98 Å². The van der Waals surface area contributed by atoms with E-state index in [1.807, 2.05) is 42.5 Å². The van der Waals surface area contributed by atoms with E-state index in [1.54, 1.807) is 41.3 Å². The maximum atomic E-state index is 13.7. The second-order valence-electron chi connectivity index (χ2n) is 9.71. The summed E-state index contributed by atoms with van der Waals surface area (Å²) in [7, 11) is 0. The number of nitrogens with one attached hydrogen (secondary N) is 2. The Morgan fingerprint density at radius 2 is 1.77 bits per heavy atom. The number of para-hydroxylation sites is 3. The first kappa shape index (κ1) is 28.4. The van der Waals surface area contributed by atoms with E-state index in [4.69, 9.17) is 20.6 Å². The van der Waals surface area contributed by atoms with Crippen molar-refractivity contribution >= 4 is 40.6 Å². The highest BCUT2D eigenvalue weighted by Crippen LogP contribution is 2.40. The third-order valence-corrected chi connectivity index (χ3v) is 6.86. The van der Waals surface area contributed by atoms with Crippen molar-refractivity contribution in [2.24, 2.45) is 15.7 Å². The fourth-order valence-corrected chi connectivity index (χ4v) is 4.87. The van der Waals surface area contributed by atoms with Crippen molar-refractivity contribution in [3.8, 4) is 5.75 Å². The molecule has 0 fully saturated rings. The lowest BCUT2D eigenvalue weighted by molar-refractivity contribution is -0.137. The van der Waals surface area contributed by atoms with E-state index >= 15 is 0 Å². The minimum Gasteiger partial charge on any atom is -0.490 e. The molecule has 222 valence electrons. The number of nitrogens with two attached hydrogens (primary N) is 1. The number of aliphatic imine (C=N–C) groups is 2. The summed E-state index contributed by atoms with van der Waals surface area (Å²) in [6.45, 7) is 0.370. The molecule has 0 bridgehead atoms. The zero-order valence-corrected chi connectivity index (χ0v) is 22.9. The van der Waals surface area contributed by atoms with Crippen molar-refractivity contribution in [2.45, 2.75) is 12.3 Å². The van der Waals surface area contributed by atoms with Crippen LogP contribution >= 0.6 is 0 Å². The van der Waals surface area contributed by atoms with Gasteiger partial charge in [0.25, 0.3) is 11.9 Å². The van der Waals surface area contributed by atoms with Gasteiger partial charge in [-0.25, -0.2) is 9.98 Å². The second-order valence-corrected chi connectivity index (χ2v) is 9.71. The summed E-state index contributed by atoms with van der Waals surface area (Å²) in [6, 6.07) is 23.4. The number of fused-ring (bicyclic) bond motifs is 2. The van der Waals surface area contributed by atoms with Crippen LogP contribution in [-0.4, -0.2) is 47.8 Å². The molecule has 13 heteroatoms. The van der Waals surface area contributed by atoms with Crippen molar-refractivity contribution in [1.29, 1.82) is 5.41 Å². The predicted molar refractivity (Wildman–Crippen MR) is 159 cm³/mol. The number of alkyl halides is 3. The maximum absolute atomic E-state index is 13.7. The average molecular weight is 600 g/mol. The molecular formula is C31H24F3N7O3. The Balaban J connectivity index is 1.34. The van der Waals surface area contributed by atoms with Crippen LogP contribution < -0.4 is 20.7 Å². The molecule has 2 aliphatic rings. The molecule has 3 heterocycles. The summed E-state index contributed by atoms with van der Waals surface area (Å²) in [5.41, 5.74) is 7.67. The topological polar surface area (TPSA) is 138 Å². The van der Waals surface area contributed by atoms with Gasteiger partial charge in [-0.1, -0.05) is 60.7 Å². The van der Waals surface area contributed by atoms with Gasteiger partial charge >= 0.3 is 6.18 Å². The van der Waals surface area contributed by atoms with Gasteiger partial charge in [-0.2, -0.15) is 18.2 Å². The summed E-state index contributed by atoms with van der Waals surface area (Å²) >= 11 is 0. The number of rotatable bonds is 4. The van der Waals surface area contributed by atoms with Crippen LogP contribution in [0.1, 0.15) is 22.4 Å². The average Bonchev–Trinajstić information content (AvgIpc) is 3.16. The van der Waals surface area contributed by atoms with E-state index in [2.05, 4.69) is 20.3 Å². The predicted octanol–water partition coefficient (Wildman–Crippen LogP) is 5.10. The summed E-state index contributed by atoms with van der Waals surface area (Å²) in [5.74, 6) is -0.814. The van der Waals surface area contributed by atoms with Crippen molar-refractivity contribution < 1.29 is 27.4 Å². The first-order valence-corrected chi connectivity index (χ1v) is 13.4. The Labute approximate surface area is 249 Å². The van der Waals surface area contributed by atoms with Gasteiger partial charge in [-0.15, -0.1) is 0 Å². The van der Waals surface area contributed by atoms with E-state index in [1.165, 1.54) is 0 Å². The molecule has 4 aromatic rings. The highest BCUT2D eigenvalue weighted by molar-refractivity contribution is 6.19. The Hall–Kier alpha value is -5.72. The number of benzene rings is 3. The van der Waals surface area contributed by atoms with Crippen molar-refractivity contribution in [2.75, 3.05) is 23.4 Å². The van der Waals surface area contributed by atoms with E-state index < -0.39 is 35.7 Å². The number of ether oxygens (including phenoxy) is 2. The molecule has 1 amide bonds. The van der Waals surface area contributed by atoms with Gasteiger partial charge in [-0.3, -0.25) is 10.2 Å². The minimum atomic E-state index is -4.69. The molecular weight excluding hydrogens is 575 g/mol. The molecule has 1 unspecified atom stereocenters. The Kier molecular flexibility index (Phi) is 7.43. The molecule has 1 atom stereocenters. The van der Waals surface area contributed by atoms with Crippen LogP contribution in [0.3, 0.4) is 0 Å². The minimum absolute atomic E-state index is 0.0413. The summed E-state index contributed by atoms with van der Waals surface area (Å²) in [5, 5.41) is 11.4. The SMILES string of the molecule is N=C(OC(N)=NC1N=C(c2ccccc2)c2ccccc2NC1=O)c1ncc(C(F)(F)F)cc1N1CCOc2ccccc21. The number of benzodiazepines with no additional fused rings is 1. The van der Waals surface area contributed by atoms with Gasteiger partial charge in [0, 0.05) is 17.3 Å². The van der Waals surface area contributed by atoms with Crippen LogP contribution in [-0.2, 0) is 15.7 Å². The Morgan fingerprint density at radius 1 is 1.05 bits per heavy atom. The number of anilines is 3. The number of aromatic nitrogens is 1. The normalized spacial score (nSPS) is 16.5. The van der Waals surface area contributed by atoms with Crippen LogP contribution in [0.2, 0.25) is 0 Å².